The fourth-order valence-electron chi connectivity index (χ4n) is 1.92. The SMILES string of the molecule is Cn1nnc(Cn2ccc3c(N)cccc32)n1. The molecule has 0 aliphatic carbocycles. The van der Waals surface area contributed by atoms with Gasteiger partial charge in [0.05, 0.1) is 19.1 Å². The maximum absolute atomic E-state index is 5.91. The van der Waals surface area contributed by atoms with Gasteiger partial charge in [-0.2, -0.15) is 4.80 Å². The largest absolute Gasteiger partial charge is 0.398 e. The summed E-state index contributed by atoms with van der Waals surface area (Å²) < 4.78 is 2.06. The molecule has 17 heavy (non-hydrogen) atoms. The fourth-order valence-corrected chi connectivity index (χ4v) is 1.92. The molecular weight excluding hydrogens is 216 g/mol. The monoisotopic (exact) mass is 228 g/mol. The van der Waals surface area contributed by atoms with Crippen molar-refractivity contribution in [3.8, 4) is 0 Å². The highest BCUT2D eigenvalue weighted by molar-refractivity contribution is 5.91. The molecule has 0 bridgehead atoms. The van der Waals surface area contributed by atoms with Crippen molar-refractivity contribution in [1.29, 1.82) is 0 Å². The molecule has 2 N–H and O–H groups in total. The zero-order chi connectivity index (χ0) is 11.8. The van der Waals surface area contributed by atoms with Crippen molar-refractivity contribution in [2.75, 3.05) is 5.73 Å². The molecule has 0 fully saturated rings. The molecule has 3 aromatic rings. The molecule has 0 radical (unpaired) electrons. The first-order valence-corrected chi connectivity index (χ1v) is 5.30. The third-order valence-corrected chi connectivity index (χ3v) is 2.71. The van der Waals surface area contributed by atoms with Crippen LogP contribution in [-0.2, 0) is 13.6 Å². The molecular formula is C11H12N6. The van der Waals surface area contributed by atoms with Crippen LogP contribution < -0.4 is 5.73 Å². The lowest BCUT2D eigenvalue weighted by Crippen LogP contribution is -2.01. The molecule has 0 atom stereocenters. The van der Waals surface area contributed by atoms with Gasteiger partial charge in [0.2, 0.25) is 0 Å². The van der Waals surface area contributed by atoms with Crippen LogP contribution in [0.3, 0.4) is 0 Å². The number of nitrogen functional groups attached to an aromatic ring is 1. The molecule has 0 saturated heterocycles. The van der Waals surface area contributed by atoms with E-state index in [2.05, 4.69) is 20.0 Å². The number of nitrogens with zero attached hydrogens (tertiary/aromatic N) is 5. The van der Waals surface area contributed by atoms with Crippen LogP contribution >= 0.6 is 0 Å². The van der Waals surface area contributed by atoms with E-state index < -0.39 is 0 Å². The molecule has 6 nitrogen and oxygen atoms in total. The minimum Gasteiger partial charge on any atom is -0.398 e. The summed E-state index contributed by atoms with van der Waals surface area (Å²) in [5, 5.41) is 13.0. The predicted octanol–water partition coefficient (Wildman–Crippen LogP) is 0.795. The van der Waals surface area contributed by atoms with Crippen LogP contribution in [0.15, 0.2) is 30.5 Å². The number of aromatic nitrogens is 5. The normalized spacial score (nSPS) is 11.1. The van der Waals surface area contributed by atoms with E-state index >= 15 is 0 Å². The number of fused-ring (bicyclic) bond motifs is 1. The van der Waals surface area contributed by atoms with Gasteiger partial charge >= 0.3 is 0 Å². The van der Waals surface area contributed by atoms with Gasteiger partial charge in [-0.1, -0.05) is 6.07 Å². The third kappa shape index (κ3) is 1.63. The fraction of sp³-hybridized carbons (Fsp3) is 0.182. The maximum atomic E-state index is 5.91. The van der Waals surface area contributed by atoms with Crippen LogP contribution in [-0.4, -0.2) is 24.8 Å². The van der Waals surface area contributed by atoms with Crippen molar-refractivity contribution >= 4 is 16.6 Å². The van der Waals surface area contributed by atoms with Crippen LogP contribution in [0, 0.1) is 0 Å². The van der Waals surface area contributed by atoms with E-state index in [1.54, 1.807) is 7.05 Å². The Morgan fingerprint density at radius 1 is 1.29 bits per heavy atom. The van der Waals surface area contributed by atoms with Crippen molar-refractivity contribution in [2.45, 2.75) is 6.54 Å². The first-order chi connectivity index (χ1) is 8.24. The number of aryl methyl sites for hydroxylation is 1. The Bertz CT molecular complexity index is 665. The molecule has 2 heterocycles. The highest BCUT2D eigenvalue weighted by atomic mass is 15.6. The Hall–Kier alpha value is -2.37. The van der Waals surface area contributed by atoms with Gasteiger partial charge in [-0.15, -0.1) is 10.2 Å². The number of anilines is 1. The van der Waals surface area contributed by atoms with Gasteiger partial charge in [0.1, 0.15) is 0 Å². The predicted molar refractivity (Wildman–Crippen MR) is 64.3 cm³/mol. The summed E-state index contributed by atoms with van der Waals surface area (Å²) in [7, 11) is 1.75. The molecule has 0 aliphatic rings. The Morgan fingerprint density at radius 2 is 2.18 bits per heavy atom. The zero-order valence-electron chi connectivity index (χ0n) is 9.41. The summed E-state index contributed by atoms with van der Waals surface area (Å²) in [6.45, 7) is 0.598. The van der Waals surface area contributed by atoms with E-state index in [0.717, 1.165) is 16.6 Å². The van der Waals surface area contributed by atoms with Crippen LogP contribution in [0.25, 0.3) is 10.9 Å². The second-order valence-electron chi connectivity index (χ2n) is 3.92. The number of hydrogen-bond donors (Lipinski definition) is 1. The molecule has 0 amide bonds. The first-order valence-electron chi connectivity index (χ1n) is 5.30. The lowest BCUT2D eigenvalue weighted by Gasteiger charge is -2.02. The highest BCUT2D eigenvalue weighted by Crippen LogP contribution is 2.22. The number of hydrogen-bond acceptors (Lipinski definition) is 4. The van der Waals surface area contributed by atoms with Crippen molar-refractivity contribution in [3.05, 3.63) is 36.3 Å². The van der Waals surface area contributed by atoms with E-state index in [1.807, 2.05) is 30.5 Å². The molecule has 0 saturated carbocycles. The van der Waals surface area contributed by atoms with E-state index in [-0.39, 0.29) is 0 Å². The number of benzene rings is 1. The van der Waals surface area contributed by atoms with Gasteiger partial charge in [-0.05, 0) is 23.4 Å². The lowest BCUT2D eigenvalue weighted by atomic mass is 10.2. The number of rotatable bonds is 2. The van der Waals surface area contributed by atoms with E-state index in [4.69, 9.17) is 5.73 Å². The van der Waals surface area contributed by atoms with Gasteiger partial charge in [0.15, 0.2) is 5.82 Å². The van der Waals surface area contributed by atoms with Gasteiger partial charge in [-0.3, -0.25) is 0 Å². The summed E-state index contributed by atoms with van der Waals surface area (Å²) >= 11 is 0. The van der Waals surface area contributed by atoms with Gasteiger partial charge in [0, 0.05) is 17.3 Å². The Balaban J connectivity index is 2.04. The van der Waals surface area contributed by atoms with Gasteiger partial charge in [0.25, 0.3) is 0 Å². The van der Waals surface area contributed by atoms with Gasteiger partial charge in [-0.25, -0.2) is 0 Å². The first kappa shape index (κ1) is 9.83. The molecule has 0 spiro atoms. The Labute approximate surface area is 97.6 Å². The maximum Gasteiger partial charge on any atom is 0.194 e. The second kappa shape index (κ2) is 3.58. The quantitative estimate of drug-likeness (QED) is 0.658. The standard InChI is InChI=1S/C11H12N6/c1-16-14-11(13-15-16)7-17-6-5-8-9(12)3-2-4-10(8)17/h2-6H,7,12H2,1H3. The lowest BCUT2D eigenvalue weighted by molar-refractivity contribution is 0.626. The van der Waals surface area contributed by atoms with Crippen molar-refractivity contribution in [3.63, 3.8) is 0 Å². The molecule has 3 rings (SSSR count). The zero-order valence-corrected chi connectivity index (χ0v) is 9.41. The summed E-state index contributed by atoms with van der Waals surface area (Å²) in [5.74, 6) is 0.687. The topological polar surface area (TPSA) is 74.5 Å². The van der Waals surface area contributed by atoms with Crippen molar-refractivity contribution in [2.24, 2.45) is 7.05 Å². The third-order valence-electron chi connectivity index (χ3n) is 2.71. The van der Waals surface area contributed by atoms with Crippen molar-refractivity contribution in [1.82, 2.24) is 24.8 Å². The number of nitrogens with two attached hydrogens (primary N) is 1. The minimum atomic E-state index is 0.598. The molecule has 6 heteroatoms. The second-order valence-corrected chi connectivity index (χ2v) is 3.92. The van der Waals surface area contributed by atoms with Crippen LogP contribution in [0.1, 0.15) is 5.82 Å². The summed E-state index contributed by atoms with van der Waals surface area (Å²) in [5.41, 5.74) is 7.77. The van der Waals surface area contributed by atoms with Crippen LogP contribution in [0.5, 0.6) is 0 Å². The molecule has 1 aromatic carbocycles. The summed E-state index contributed by atoms with van der Waals surface area (Å²) in [6.07, 6.45) is 1.98. The molecule has 2 aromatic heterocycles. The van der Waals surface area contributed by atoms with Crippen LogP contribution in [0.4, 0.5) is 5.69 Å². The van der Waals surface area contributed by atoms with E-state index in [0.29, 0.717) is 12.4 Å². The van der Waals surface area contributed by atoms with E-state index in [9.17, 15) is 0 Å². The highest BCUT2D eigenvalue weighted by Gasteiger charge is 2.06. The Kier molecular flexibility index (Phi) is 2.07. The van der Waals surface area contributed by atoms with Crippen LogP contribution in [0.2, 0.25) is 0 Å². The molecule has 86 valence electrons. The smallest absolute Gasteiger partial charge is 0.194 e. The van der Waals surface area contributed by atoms with Crippen molar-refractivity contribution < 1.29 is 0 Å². The van der Waals surface area contributed by atoms with E-state index in [1.165, 1.54) is 4.80 Å². The minimum absolute atomic E-state index is 0.598. The van der Waals surface area contributed by atoms with Gasteiger partial charge < -0.3 is 10.3 Å². The summed E-state index contributed by atoms with van der Waals surface area (Å²) in [6, 6.07) is 7.87. The average Bonchev–Trinajstić information content (AvgIpc) is 2.88. The Morgan fingerprint density at radius 3 is 2.94 bits per heavy atom. The molecule has 0 aliphatic heterocycles. The summed E-state index contributed by atoms with van der Waals surface area (Å²) in [4.78, 5) is 1.45. The molecule has 0 unspecified atom stereocenters. The average molecular weight is 228 g/mol. The number of tetrazole rings is 1.